The van der Waals surface area contributed by atoms with Crippen LogP contribution in [0.5, 0.6) is 11.8 Å². The van der Waals surface area contributed by atoms with Gasteiger partial charge in [-0.05, 0) is 25.0 Å². The number of nitrogens with zero attached hydrogens (tertiary/aromatic N) is 3. The quantitative estimate of drug-likeness (QED) is 0.170. The van der Waals surface area contributed by atoms with Crippen molar-refractivity contribution in [2.45, 2.75) is 17.7 Å². The summed E-state index contributed by atoms with van der Waals surface area (Å²) in [7, 11) is -1.61. The summed E-state index contributed by atoms with van der Waals surface area (Å²) in [5.41, 5.74) is 0.339. The van der Waals surface area contributed by atoms with Crippen molar-refractivity contribution in [1.82, 2.24) is 19.6 Å². The number of nitrogens with one attached hydrogen (secondary N) is 3. The highest BCUT2D eigenvalue weighted by molar-refractivity contribution is 7.91. The van der Waals surface area contributed by atoms with E-state index in [0.717, 1.165) is 12.8 Å². The number of para-hydroxylation sites is 1. The Kier molecular flexibility index (Phi) is 12.8. The van der Waals surface area contributed by atoms with Crippen LogP contribution in [-0.4, -0.2) is 73.2 Å². The summed E-state index contributed by atoms with van der Waals surface area (Å²) in [6.45, 7) is 7.88. The number of rotatable bonds is 13. The molecule has 1 aromatic carbocycles. The lowest BCUT2D eigenvalue weighted by Gasteiger charge is -2.19. The van der Waals surface area contributed by atoms with Gasteiger partial charge in [0.2, 0.25) is 17.7 Å². The Bertz CT molecular complexity index is 1340. The van der Waals surface area contributed by atoms with Crippen molar-refractivity contribution >= 4 is 62.8 Å². The highest BCUT2D eigenvalue weighted by Crippen LogP contribution is 2.34. The van der Waals surface area contributed by atoms with Crippen LogP contribution in [-0.2, 0) is 15.0 Å². The molecule has 1 heterocycles. The first-order valence-corrected chi connectivity index (χ1v) is 14.3. The maximum atomic E-state index is 12.3. The van der Waals surface area contributed by atoms with Gasteiger partial charge in [0.25, 0.3) is 5.91 Å². The predicted molar refractivity (Wildman–Crippen MR) is 156 cm³/mol. The van der Waals surface area contributed by atoms with Crippen LogP contribution < -0.4 is 24.2 Å². The zero-order chi connectivity index (χ0) is 30.6. The molecule has 0 unspecified atom stereocenters. The Morgan fingerprint density at radius 3 is 2.12 bits per heavy atom. The number of hydrogen-bond donors (Lipinski definition) is 3. The normalized spacial score (nSPS) is 12.2. The number of carbonyl (C=O) groups excluding carboxylic acids is 3. The van der Waals surface area contributed by atoms with Gasteiger partial charge in [0, 0.05) is 24.6 Å². The minimum absolute atomic E-state index is 0.0860. The zero-order valence-corrected chi connectivity index (χ0v) is 24.6. The Hall–Kier alpha value is -3.88. The van der Waals surface area contributed by atoms with Crippen LogP contribution in [0.25, 0.3) is 0 Å². The lowest BCUT2D eigenvalue weighted by molar-refractivity contribution is -0.128. The van der Waals surface area contributed by atoms with Crippen molar-refractivity contribution in [2.24, 2.45) is 5.92 Å². The van der Waals surface area contributed by atoms with E-state index in [1.807, 2.05) is 0 Å². The summed E-state index contributed by atoms with van der Waals surface area (Å²) >= 11 is 10.8. The molecule has 2 aromatic rings. The number of anilines is 2. The molecule has 1 aromatic heterocycles. The van der Waals surface area contributed by atoms with Gasteiger partial charge in [-0.1, -0.05) is 47.5 Å². The van der Waals surface area contributed by atoms with E-state index in [-0.39, 0.29) is 46.6 Å². The summed E-state index contributed by atoms with van der Waals surface area (Å²) in [4.78, 5) is 43.8. The summed E-state index contributed by atoms with van der Waals surface area (Å²) < 4.78 is 38.5. The Morgan fingerprint density at radius 2 is 1.63 bits per heavy atom. The number of alkyl halides is 2. The third kappa shape index (κ3) is 10.9. The number of urea groups is 1. The molecule has 0 aliphatic heterocycles. The van der Waals surface area contributed by atoms with E-state index in [1.54, 1.807) is 29.0 Å². The second-order valence-electron chi connectivity index (χ2n) is 8.24. The van der Waals surface area contributed by atoms with Crippen molar-refractivity contribution < 1.29 is 32.3 Å². The van der Waals surface area contributed by atoms with Gasteiger partial charge >= 0.3 is 16.2 Å². The number of carbonyl (C=O) groups is 3. The molecule has 1 fully saturated rings. The molecule has 41 heavy (non-hydrogen) atoms. The fourth-order valence-corrected chi connectivity index (χ4v) is 4.23. The molecular formula is C25H30Cl2N6O7S. The molecular weight excluding hydrogens is 599 g/mol. The van der Waals surface area contributed by atoms with Crippen molar-refractivity contribution in [1.29, 1.82) is 0 Å². The van der Waals surface area contributed by atoms with Gasteiger partial charge in [-0.2, -0.15) is 18.4 Å². The third-order valence-corrected chi connectivity index (χ3v) is 6.45. The number of ether oxygens (including phenoxy) is 2. The predicted octanol–water partition coefficient (Wildman–Crippen LogP) is 3.56. The first-order chi connectivity index (χ1) is 19.4. The average Bonchev–Trinajstić information content (AvgIpc) is 3.77. The van der Waals surface area contributed by atoms with Gasteiger partial charge < -0.3 is 14.4 Å². The van der Waals surface area contributed by atoms with Crippen LogP contribution in [0.1, 0.15) is 23.2 Å². The largest absolute Gasteiger partial charge is 0.481 e. The molecule has 13 nitrogen and oxygen atoms in total. The molecule has 1 aliphatic rings. The zero-order valence-electron chi connectivity index (χ0n) is 22.3. The van der Waals surface area contributed by atoms with E-state index >= 15 is 0 Å². The highest BCUT2D eigenvalue weighted by atomic mass is 35.5. The van der Waals surface area contributed by atoms with Gasteiger partial charge in [-0.25, -0.2) is 9.52 Å². The molecule has 3 N–H and O–H groups in total. The standard InChI is InChI=1S/C17H19N5O6S.C8H11Cl2NO/c1-27-13-9-14(28-2)19-16(18-13)20-17(24)22-29(25,26)21-12-6-4-3-5-11(12)15(23)10-7-8-10;1-3-5-11(6-4-2)8(12)7(9)10/h3-6,9-10,21H,7-8H2,1-2H3,(H2,18,19,20,22,24);3-4,7H,1-2,5-6H2. The van der Waals surface area contributed by atoms with Gasteiger partial charge in [0.1, 0.15) is 0 Å². The number of amides is 3. The van der Waals surface area contributed by atoms with E-state index in [4.69, 9.17) is 32.7 Å². The van der Waals surface area contributed by atoms with Crippen LogP contribution in [0.2, 0.25) is 0 Å². The highest BCUT2D eigenvalue weighted by Gasteiger charge is 2.32. The molecule has 3 rings (SSSR count). The number of hydrogen-bond acceptors (Lipinski definition) is 9. The number of benzene rings is 1. The molecule has 1 saturated carbocycles. The Morgan fingerprint density at radius 1 is 1.07 bits per heavy atom. The second-order valence-corrected chi connectivity index (χ2v) is 10.8. The fourth-order valence-electron chi connectivity index (χ4n) is 3.14. The molecule has 3 amide bonds. The maximum absolute atomic E-state index is 12.3. The Balaban J connectivity index is 0.000000415. The molecule has 0 spiro atoms. The lowest BCUT2D eigenvalue weighted by Crippen LogP contribution is -2.38. The van der Waals surface area contributed by atoms with E-state index in [0.29, 0.717) is 13.1 Å². The molecule has 0 radical (unpaired) electrons. The number of ketones is 1. The monoisotopic (exact) mass is 628 g/mol. The first-order valence-electron chi connectivity index (χ1n) is 11.9. The van der Waals surface area contributed by atoms with Gasteiger partial charge in [-0.3, -0.25) is 19.6 Å². The van der Waals surface area contributed by atoms with Crippen LogP contribution in [0.15, 0.2) is 55.6 Å². The topological polar surface area (TPSA) is 169 Å². The smallest absolute Gasteiger partial charge is 0.336 e. The van der Waals surface area contributed by atoms with Crippen molar-refractivity contribution in [3.63, 3.8) is 0 Å². The van der Waals surface area contributed by atoms with Crippen molar-refractivity contribution in [3.05, 3.63) is 61.2 Å². The molecule has 0 bridgehead atoms. The van der Waals surface area contributed by atoms with Gasteiger partial charge in [0.05, 0.1) is 26.0 Å². The molecule has 0 atom stereocenters. The number of Topliss-reactive ketones (excluding diaryl/α,β-unsaturated/α-hetero) is 1. The fraction of sp³-hybridized carbons (Fsp3) is 0.320. The summed E-state index contributed by atoms with van der Waals surface area (Å²) in [6, 6.07) is 6.48. The molecule has 16 heteroatoms. The van der Waals surface area contributed by atoms with Crippen LogP contribution in [0.3, 0.4) is 0 Å². The van der Waals surface area contributed by atoms with Crippen LogP contribution in [0, 0.1) is 5.92 Å². The van der Waals surface area contributed by atoms with Gasteiger partial charge in [-0.15, -0.1) is 13.2 Å². The average molecular weight is 630 g/mol. The van der Waals surface area contributed by atoms with Crippen molar-refractivity contribution in [2.75, 3.05) is 37.3 Å². The maximum Gasteiger partial charge on any atom is 0.336 e. The molecule has 222 valence electrons. The summed E-state index contributed by atoms with van der Waals surface area (Å²) in [5, 5.41) is 2.18. The molecule has 1 aliphatic carbocycles. The minimum Gasteiger partial charge on any atom is -0.481 e. The van der Waals surface area contributed by atoms with Crippen molar-refractivity contribution in [3.8, 4) is 11.8 Å². The second kappa shape index (κ2) is 15.8. The number of halogens is 2. The minimum atomic E-state index is -4.33. The lowest BCUT2D eigenvalue weighted by atomic mass is 10.1. The SMILES string of the molecule is C=CCN(CC=C)C(=O)C(Cl)Cl.COc1cc(OC)nc(NC(=O)NS(=O)(=O)Nc2ccccc2C(=O)C2CC2)n1. The van der Waals surface area contributed by atoms with Gasteiger partial charge in [0.15, 0.2) is 10.6 Å². The number of aromatic nitrogens is 2. The molecule has 0 saturated heterocycles. The van der Waals surface area contributed by atoms with Crippen LogP contribution in [0.4, 0.5) is 16.4 Å². The van der Waals surface area contributed by atoms with E-state index in [2.05, 4.69) is 33.2 Å². The number of methoxy groups -OCH3 is 2. The van der Waals surface area contributed by atoms with Crippen LogP contribution >= 0.6 is 23.2 Å². The van der Waals surface area contributed by atoms with E-state index < -0.39 is 21.1 Å². The first kappa shape index (κ1) is 33.3. The van der Waals surface area contributed by atoms with E-state index in [9.17, 15) is 22.8 Å². The summed E-state index contributed by atoms with van der Waals surface area (Å²) in [6.07, 6.45) is 4.78. The third-order valence-electron chi connectivity index (χ3n) is 5.13. The van der Waals surface area contributed by atoms with E-state index in [1.165, 1.54) is 37.3 Å². The Labute approximate surface area is 248 Å². The summed E-state index contributed by atoms with van der Waals surface area (Å²) in [5.74, 6) is -0.542.